The Labute approximate surface area is 192 Å². The Morgan fingerprint density at radius 3 is 2.59 bits per heavy atom. The van der Waals surface area contributed by atoms with Gasteiger partial charge in [-0.3, -0.25) is 9.59 Å². The Bertz CT molecular complexity index is 1200. The molecule has 1 aliphatic carbocycles. The van der Waals surface area contributed by atoms with Gasteiger partial charge in [0.2, 0.25) is 21.8 Å². The van der Waals surface area contributed by atoms with E-state index in [1.807, 2.05) is 4.90 Å². The van der Waals surface area contributed by atoms with Crippen LogP contribution in [0.4, 0.5) is 0 Å². The molecule has 2 heterocycles. The van der Waals surface area contributed by atoms with Crippen LogP contribution in [0.5, 0.6) is 0 Å². The van der Waals surface area contributed by atoms with Crippen molar-refractivity contribution < 1.29 is 18.0 Å². The number of hydrogen-bond acceptors (Lipinski definition) is 4. The molecule has 3 fully saturated rings. The molecule has 0 aromatic heterocycles. The van der Waals surface area contributed by atoms with Gasteiger partial charge in [0.15, 0.2) is 0 Å². The molecule has 32 heavy (non-hydrogen) atoms. The number of amides is 2. The van der Waals surface area contributed by atoms with Crippen LogP contribution < -0.4 is 4.72 Å². The van der Waals surface area contributed by atoms with Crippen molar-refractivity contribution in [3.63, 3.8) is 0 Å². The highest BCUT2D eigenvalue weighted by atomic mass is 35.5. The second kappa shape index (κ2) is 8.01. The molecule has 3 aliphatic rings. The van der Waals surface area contributed by atoms with Gasteiger partial charge in [-0.1, -0.05) is 23.7 Å². The summed E-state index contributed by atoms with van der Waals surface area (Å²) in [5.74, 6) is 0.219. The van der Waals surface area contributed by atoms with Gasteiger partial charge in [-0.15, -0.1) is 0 Å². The Hall–Kier alpha value is -2.16. The van der Waals surface area contributed by atoms with Gasteiger partial charge >= 0.3 is 0 Å². The minimum atomic E-state index is -3.90. The molecule has 1 N–H and O–H groups in total. The molecule has 2 aliphatic heterocycles. The van der Waals surface area contributed by atoms with E-state index in [0.29, 0.717) is 29.9 Å². The fourth-order valence-corrected chi connectivity index (χ4v) is 6.82. The monoisotopic (exact) mass is 475 g/mol. The molecule has 170 valence electrons. The molecule has 0 spiro atoms. The number of sulfonamides is 1. The van der Waals surface area contributed by atoms with Crippen molar-refractivity contribution in [2.45, 2.75) is 55.6 Å². The van der Waals surface area contributed by atoms with Crippen LogP contribution in [0.15, 0.2) is 41.3 Å². The summed E-state index contributed by atoms with van der Waals surface area (Å²) < 4.78 is 28.5. The molecular formula is C23H26ClN3O4S. The highest BCUT2D eigenvalue weighted by Gasteiger charge is 2.45. The SMILES string of the molecule is C[C@H](C(=O)N1C[C@H]2CC[C@@H]1C2)N1CC[C@@H](NS(=O)(=O)c2ccc3cc(Cl)ccc3c2)C1=O. The summed E-state index contributed by atoms with van der Waals surface area (Å²) in [5, 5.41) is 2.16. The first-order chi connectivity index (χ1) is 15.2. The molecule has 5 rings (SSSR count). The minimum absolute atomic E-state index is 0.0257. The van der Waals surface area contributed by atoms with Crippen LogP contribution in [0.1, 0.15) is 32.6 Å². The Morgan fingerprint density at radius 2 is 1.88 bits per heavy atom. The Balaban J connectivity index is 1.28. The van der Waals surface area contributed by atoms with Gasteiger partial charge in [-0.25, -0.2) is 8.42 Å². The van der Waals surface area contributed by atoms with Gasteiger partial charge in [-0.05, 0) is 73.6 Å². The molecule has 0 radical (unpaired) electrons. The van der Waals surface area contributed by atoms with Gasteiger partial charge in [-0.2, -0.15) is 4.72 Å². The number of piperidine rings is 1. The zero-order valence-electron chi connectivity index (χ0n) is 17.8. The third-order valence-electron chi connectivity index (χ3n) is 7.14. The molecule has 4 atom stereocenters. The molecule has 2 saturated heterocycles. The first-order valence-corrected chi connectivity index (χ1v) is 12.9. The zero-order valence-corrected chi connectivity index (χ0v) is 19.4. The van der Waals surface area contributed by atoms with Crippen molar-refractivity contribution in [1.82, 2.24) is 14.5 Å². The summed E-state index contributed by atoms with van der Waals surface area (Å²) >= 11 is 6.00. The fourth-order valence-electron chi connectivity index (χ4n) is 5.38. The van der Waals surface area contributed by atoms with Crippen LogP contribution in [-0.4, -0.2) is 61.2 Å². The van der Waals surface area contributed by atoms with E-state index in [1.165, 1.54) is 17.4 Å². The lowest BCUT2D eigenvalue weighted by atomic mass is 10.1. The molecule has 7 nitrogen and oxygen atoms in total. The lowest BCUT2D eigenvalue weighted by Crippen LogP contribution is -2.51. The predicted molar refractivity (Wildman–Crippen MR) is 122 cm³/mol. The number of nitrogens with one attached hydrogen (secondary N) is 1. The van der Waals surface area contributed by atoms with E-state index in [0.717, 1.165) is 30.2 Å². The normalized spacial score (nSPS) is 26.3. The maximum atomic E-state index is 13.0. The first-order valence-electron chi connectivity index (χ1n) is 11.1. The average molecular weight is 476 g/mol. The van der Waals surface area contributed by atoms with Crippen LogP contribution in [0.3, 0.4) is 0 Å². The van der Waals surface area contributed by atoms with E-state index in [-0.39, 0.29) is 16.7 Å². The summed E-state index contributed by atoms with van der Waals surface area (Å²) in [7, 11) is -3.90. The molecule has 9 heteroatoms. The first kappa shape index (κ1) is 21.7. The van der Waals surface area contributed by atoms with Crippen molar-refractivity contribution in [3.8, 4) is 0 Å². The number of carbonyl (C=O) groups is 2. The zero-order chi connectivity index (χ0) is 22.6. The molecule has 2 bridgehead atoms. The van der Waals surface area contributed by atoms with Crippen LogP contribution in [-0.2, 0) is 19.6 Å². The van der Waals surface area contributed by atoms with Crippen LogP contribution in [0, 0.1) is 5.92 Å². The van der Waals surface area contributed by atoms with Crippen molar-refractivity contribution in [3.05, 3.63) is 41.4 Å². The van der Waals surface area contributed by atoms with E-state index in [1.54, 1.807) is 37.3 Å². The van der Waals surface area contributed by atoms with Crippen LogP contribution >= 0.6 is 11.6 Å². The topological polar surface area (TPSA) is 86.8 Å². The van der Waals surface area contributed by atoms with Crippen molar-refractivity contribution in [2.75, 3.05) is 13.1 Å². The van der Waals surface area contributed by atoms with Crippen molar-refractivity contribution >= 4 is 44.2 Å². The summed E-state index contributed by atoms with van der Waals surface area (Å²) in [4.78, 5) is 29.5. The third kappa shape index (κ3) is 3.78. The van der Waals surface area contributed by atoms with Gasteiger partial charge in [0.1, 0.15) is 12.1 Å². The molecular weight excluding hydrogens is 450 g/mol. The van der Waals surface area contributed by atoms with Crippen LogP contribution in [0.2, 0.25) is 5.02 Å². The summed E-state index contributed by atoms with van der Waals surface area (Å²) in [6.07, 6.45) is 3.62. The van der Waals surface area contributed by atoms with E-state index in [4.69, 9.17) is 11.6 Å². The molecule has 2 aromatic rings. The quantitative estimate of drug-likeness (QED) is 0.720. The summed E-state index contributed by atoms with van der Waals surface area (Å²) in [6, 6.07) is 8.85. The smallest absolute Gasteiger partial charge is 0.245 e. The third-order valence-corrected chi connectivity index (χ3v) is 8.84. The van der Waals surface area contributed by atoms with E-state index >= 15 is 0 Å². The van der Waals surface area contributed by atoms with Crippen LogP contribution in [0.25, 0.3) is 10.8 Å². The number of nitrogens with zero attached hydrogens (tertiary/aromatic N) is 2. The second-order valence-electron chi connectivity index (χ2n) is 9.15. The lowest BCUT2D eigenvalue weighted by molar-refractivity contribution is -0.144. The van der Waals surface area contributed by atoms with Gasteiger partial charge < -0.3 is 9.80 Å². The molecule has 2 amide bonds. The average Bonchev–Trinajstić information content (AvgIpc) is 3.49. The van der Waals surface area contributed by atoms with E-state index in [9.17, 15) is 18.0 Å². The Kier molecular flexibility index (Phi) is 5.42. The standard InChI is InChI=1S/C23H26ClN3O4S/c1-14(22(28)27-13-15-2-6-19(27)10-15)26-9-8-21(23(26)29)25-32(30,31)20-7-4-16-11-18(24)5-3-17(16)12-20/h3-5,7,11-12,14-15,19,21,25H,2,6,8-10,13H2,1H3/t14-,15+,19-,21-/m1/s1. The number of halogens is 1. The van der Waals surface area contributed by atoms with E-state index in [2.05, 4.69) is 4.72 Å². The summed E-state index contributed by atoms with van der Waals surface area (Å²) in [6.45, 7) is 2.88. The largest absolute Gasteiger partial charge is 0.338 e. The number of rotatable bonds is 5. The number of hydrogen-bond donors (Lipinski definition) is 1. The molecule has 1 saturated carbocycles. The number of fused-ring (bicyclic) bond motifs is 3. The van der Waals surface area contributed by atoms with Crippen molar-refractivity contribution in [2.24, 2.45) is 5.92 Å². The number of carbonyl (C=O) groups excluding carboxylic acids is 2. The number of benzene rings is 2. The maximum Gasteiger partial charge on any atom is 0.245 e. The highest BCUT2D eigenvalue weighted by molar-refractivity contribution is 7.89. The molecule has 2 aromatic carbocycles. The lowest BCUT2D eigenvalue weighted by Gasteiger charge is -2.33. The fraction of sp³-hybridized carbons (Fsp3) is 0.478. The number of likely N-dealkylation sites (tertiary alicyclic amines) is 2. The van der Waals surface area contributed by atoms with Crippen molar-refractivity contribution in [1.29, 1.82) is 0 Å². The minimum Gasteiger partial charge on any atom is -0.338 e. The van der Waals surface area contributed by atoms with Gasteiger partial charge in [0.25, 0.3) is 0 Å². The van der Waals surface area contributed by atoms with E-state index < -0.39 is 22.1 Å². The summed E-state index contributed by atoms with van der Waals surface area (Å²) in [5.41, 5.74) is 0. The van der Waals surface area contributed by atoms with Gasteiger partial charge in [0, 0.05) is 24.2 Å². The Morgan fingerprint density at radius 1 is 1.12 bits per heavy atom. The highest BCUT2D eigenvalue weighted by Crippen LogP contribution is 2.38. The second-order valence-corrected chi connectivity index (χ2v) is 11.3. The maximum absolute atomic E-state index is 13.0. The molecule has 0 unspecified atom stereocenters. The predicted octanol–water partition coefficient (Wildman–Crippen LogP) is 2.77. The van der Waals surface area contributed by atoms with Gasteiger partial charge in [0.05, 0.1) is 4.90 Å².